The number of nitrogens with one attached hydrogen (secondary N) is 1. The molecule has 1 aromatic heterocycles. The topological polar surface area (TPSA) is 63.9 Å². The summed E-state index contributed by atoms with van der Waals surface area (Å²) in [6.07, 6.45) is 3.63. The zero-order chi connectivity index (χ0) is 14.5. The molecule has 2 aliphatic rings. The average molecular weight is 294 g/mol. The molecule has 21 heavy (non-hydrogen) atoms. The van der Waals surface area contributed by atoms with Crippen LogP contribution < -0.4 is 5.32 Å². The number of ether oxygens (including phenoxy) is 2. The second-order valence-electron chi connectivity index (χ2n) is 5.58. The standard InChI is InChI=1S/C15H22N2O4/c18-14(16-10-13-2-1-7-19-13)11-17-5-3-12(4-6-17)15-20-8-9-21-15/h1-2,7,12,15H,3-6,8-11H2,(H,16,18). The van der Waals surface area contributed by atoms with Crippen LogP contribution in [0.15, 0.2) is 22.8 Å². The molecule has 6 heteroatoms. The van der Waals surface area contributed by atoms with E-state index < -0.39 is 0 Å². The minimum atomic E-state index is -0.0278. The highest BCUT2D eigenvalue weighted by molar-refractivity contribution is 5.77. The highest BCUT2D eigenvalue weighted by atomic mass is 16.7. The van der Waals surface area contributed by atoms with Crippen LogP contribution >= 0.6 is 0 Å². The largest absolute Gasteiger partial charge is 0.467 e. The Bertz CT molecular complexity index is 435. The Balaban J connectivity index is 1.35. The number of furan rings is 1. The molecule has 0 unspecified atom stereocenters. The van der Waals surface area contributed by atoms with E-state index in [1.54, 1.807) is 6.26 Å². The molecule has 2 fully saturated rings. The van der Waals surface area contributed by atoms with Crippen LogP contribution in [0.1, 0.15) is 18.6 Å². The Labute approximate surface area is 124 Å². The highest BCUT2D eigenvalue weighted by Crippen LogP contribution is 2.25. The SMILES string of the molecule is O=C(CN1CCC(C2OCCO2)CC1)NCc1ccco1. The second kappa shape index (κ2) is 7.06. The van der Waals surface area contributed by atoms with E-state index in [-0.39, 0.29) is 12.2 Å². The number of carbonyl (C=O) groups is 1. The van der Waals surface area contributed by atoms with Crippen molar-refractivity contribution in [2.24, 2.45) is 5.92 Å². The summed E-state index contributed by atoms with van der Waals surface area (Å²) in [6.45, 7) is 4.15. The van der Waals surface area contributed by atoms with Crippen molar-refractivity contribution < 1.29 is 18.7 Å². The molecule has 0 aromatic carbocycles. The van der Waals surface area contributed by atoms with Gasteiger partial charge in [-0.15, -0.1) is 0 Å². The molecular weight excluding hydrogens is 272 g/mol. The van der Waals surface area contributed by atoms with Gasteiger partial charge in [0, 0.05) is 5.92 Å². The Morgan fingerprint density at radius 2 is 2.05 bits per heavy atom. The van der Waals surface area contributed by atoms with Gasteiger partial charge >= 0.3 is 0 Å². The monoisotopic (exact) mass is 294 g/mol. The smallest absolute Gasteiger partial charge is 0.234 e. The number of carbonyl (C=O) groups excluding carboxylic acids is 1. The maximum Gasteiger partial charge on any atom is 0.234 e. The summed E-state index contributed by atoms with van der Waals surface area (Å²) in [5, 5.41) is 2.87. The van der Waals surface area contributed by atoms with Crippen LogP contribution in [0.4, 0.5) is 0 Å². The number of amides is 1. The first-order valence-electron chi connectivity index (χ1n) is 7.56. The first kappa shape index (κ1) is 14.6. The zero-order valence-corrected chi connectivity index (χ0v) is 12.1. The fourth-order valence-electron chi connectivity index (χ4n) is 2.89. The molecule has 0 aliphatic carbocycles. The molecule has 2 aliphatic heterocycles. The number of nitrogens with zero attached hydrogens (tertiary/aromatic N) is 1. The van der Waals surface area contributed by atoms with E-state index in [1.807, 2.05) is 12.1 Å². The first-order chi connectivity index (χ1) is 10.3. The van der Waals surface area contributed by atoms with Gasteiger partial charge in [-0.25, -0.2) is 0 Å². The molecule has 6 nitrogen and oxygen atoms in total. The summed E-state index contributed by atoms with van der Waals surface area (Å²) in [4.78, 5) is 14.1. The molecule has 3 heterocycles. The Hall–Kier alpha value is -1.37. The lowest BCUT2D eigenvalue weighted by Crippen LogP contribution is -2.43. The fourth-order valence-corrected chi connectivity index (χ4v) is 2.89. The number of hydrogen-bond acceptors (Lipinski definition) is 5. The Morgan fingerprint density at radius 3 is 2.71 bits per heavy atom. The fraction of sp³-hybridized carbons (Fsp3) is 0.667. The van der Waals surface area contributed by atoms with E-state index in [9.17, 15) is 4.79 Å². The minimum Gasteiger partial charge on any atom is -0.467 e. The highest BCUT2D eigenvalue weighted by Gasteiger charge is 2.30. The van der Waals surface area contributed by atoms with Gasteiger partial charge < -0.3 is 19.2 Å². The summed E-state index contributed by atoms with van der Waals surface area (Å²) in [7, 11) is 0. The van der Waals surface area contributed by atoms with Gasteiger partial charge in [0.05, 0.1) is 32.6 Å². The molecule has 0 saturated carbocycles. The molecule has 1 amide bonds. The maximum absolute atomic E-state index is 11.9. The number of hydrogen-bond donors (Lipinski definition) is 1. The van der Waals surface area contributed by atoms with Crippen molar-refractivity contribution in [3.63, 3.8) is 0 Å². The van der Waals surface area contributed by atoms with Gasteiger partial charge in [0.25, 0.3) is 0 Å². The van der Waals surface area contributed by atoms with Crippen molar-refractivity contribution in [2.75, 3.05) is 32.8 Å². The van der Waals surface area contributed by atoms with Crippen molar-refractivity contribution in [1.29, 1.82) is 0 Å². The number of rotatable bonds is 5. The zero-order valence-electron chi connectivity index (χ0n) is 12.1. The molecule has 3 rings (SSSR count). The lowest BCUT2D eigenvalue weighted by atomic mass is 9.96. The lowest BCUT2D eigenvalue weighted by molar-refractivity contribution is -0.124. The molecule has 1 N–H and O–H groups in total. The van der Waals surface area contributed by atoms with Crippen molar-refractivity contribution in [2.45, 2.75) is 25.7 Å². The van der Waals surface area contributed by atoms with Crippen molar-refractivity contribution in [3.8, 4) is 0 Å². The van der Waals surface area contributed by atoms with Gasteiger partial charge in [-0.2, -0.15) is 0 Å². The van der Waals surface area contributed by atoms with Crippen molar-refractivity contribution >= 4 is 5.91 Å². The van der Waals surface area contributed by atoms with Gasteiger partial charge in [0.15, 0.2) is 6.29 Å². The van der Waals surface area contributed by atoms with Crippen LogP contribution in [0, 0.1) is 5.92 Å². The van der Waals surface area contributed by atoms with Gasteiger partial charge in [-0.3, -0.25) is 9.69 Å². The number of piperidine rings is 1. The van der Waals surface area contributed by atoms with Crippen LogP contribution in [0.3, 0.4) is 0 Å². The maximum atomic E-state index is 11.9. The second-order valence-corrected chi connectivity index (χ2v) is 5.58. The van der Waals surface area contributed by atoms with E-state index in [4.69, 9.17) is 13.9 Å². The van der Waals surface area contributed by atoms with E-state index in [1.165, 1.54) is 0 Å². The minimum absolute atomic E-state index is 0.0278. The molecule has 2 saturated heterocycles. The summed E-state index contributed by atoms with van der Waals surface area (Å²) >= 11 is 0. The van der Waals surface area contributed by atoms with Crippen molar-refractivity contribution in [3.05, 3.63) is 24.2 Å². The van der Waals surface area contributed by atoms with Crippen LogP contribution in [0.25, 0.3) is 0 Å². The third-order valence-corrected chi connectivity index (χ3v) is 4.07. The quantitative estimate of drug-likeness (QED) is 0.877. The van der Waals surface area contributed by atoms with Crippen LogP contribution in [-0.4, -0.2) is 49.9 Å². The van der Waals surface area contributed by atoms with Crippen LogP contribution in [-0.2, 0) is 20.8 Å². The average Bonchev–Trinajstić information content (AvgIpc) is 3.19. The van der Waals surface area contributed by atoms with Gasteiger partial charge in [0.1, 0.15) is 5.76 Å². The summed E-state index contributed by atoms with van der Waals surface area (Å²) < 4.78 is 16.3. The Kier molecular flexibility index (Phi) is 4.90. The molecule has 0 radical (unpaired) electrons. The molecule has 116 valence electrons. The molecule has 0 bridgehead atoms. The third kappa shape index (κ3) is 4.06. The number of likely N-dealkylation sites (tertiary alicyclic amines) is 1. The first-order valence-corrected chi connectivity index (χ1v) is 7.56. The summed E-state index contributed by atoms with van der Waals surface area (Å²) in [5.74, 6) is 1.28. The molecule has 1 aromatic rings. The van der Waals surface area contributed by atoms with Crippen LogP contribution in [0.2, 0.25) is 0 Å². The molecule has 0 spiro atoms. The molecular formula is C15H22N2O4. The van der Waals surface area contributed by atoms with E-state index in [0.29, 0.717) is 32.2 Å². The van der Waals surface area contributed by atoms with Gasteiger partial charge in [-0.1, -0.05) is 0 Å². The lowest BCUT2D eigenvalue weighted by Gasteiger charge is -2.33. The van der Waals surface area contributed by atoms with E-state index in [0.717, 1.165) is 31.7 Å². The predicted octanol–water partition coefficient (Wildman–Crippen LogP) is 0.981. The van der Waals surface area contributed by atoms with Crippen molar-refractivity contribution in [1.82, 2.24) is 10.2 Å². The van der Waals surface area contributed by atoms with E-state index >= 15 is 0 Å². The predicted molar refractivity (Wildman–Crippen MR) is 75.4 cm³/mol. The Morgan fingerprint density at radius 1 is 1.29 bits per heavy atom. The van der Waals surface area contributed by atoms with E-state index in [2.05, 4.69) is 10.2 Å². The normalized spacial score (nSPS) is 21.7. The summed E-state index contributed by atoms with van der Waals surface area (Å²) in [6, 6.07) is 3.67. The summed E-state index contributed by atoms with van der Waals surface area (Å²) in [5.41, 5.74) is 0. The third-order valence-electron chi connectivity index (χ3n) is 4.07. The molecule has 0 atom stereocenters. The van der Waals surface area contributed by atoms with Gasteiger partial charge in [0.2, 0.25) is 5.91 Å². The van der Waals surface area contributed by atoms with Crippen LogP contribution in [0.5, 0.6) is 0 Å². The van der Waals surface area contributed by atoms with Gasteiger partial charge in [-0.05, 0) is 38.1 Å².